The van der Waals surface area contributed by atoms with E-state index in [2.05, 4.69) is 5.32 Å². The first kappa shape index (κ1) is 16.6. The summed E-state index contributed by atoms with van der Waals surface area (Å²) in [4.78, 5) is 23.5. The number of amides is 2. The molecule has 0 bridgehead atoms. The number of nitrogens with one attached hydrogen (secondary N) is 1. The molecular formula is C12H19F3N2O3. The highest BCUT2D eigenvalue weighted by molar-refractivity contribution is 5.74. The van der Waals surface area contributed by atoms with Crippen molar-refractivity contribution in [2.75, 3.05) is 19.6 Å². The zero-order valence-electron chi connectivity index (χ0n) is 11.2. The molecule has 1 aliphatic rings. The van der Waals surface area contributed by atoms with Gasteiger partial charge in [-0.1, -0.05) is 6.92 Å². The highest BCUT2D eigenvalue weighted by Gasteiger charge is 2.41. The predicted molar refractivity (Wildman–Crippen MR) is 65.2 cm³/mol. The predicted octanol–water partition coefficient (Wildman–Crippen LogP) is 2.08. The fourth-order valence-electron chi connectivity index (χ4n) is 2.15. The lowest BCUT2D eigenvalue weighted by molar-refractivity contribution is -0.183. The second kappa shape index (κ2) is 6.81. The quantitative estimate of drug-likeness (QED) is 0.834. The molecular weight excluding hydrogens is 277 g/mol. The number of carboxylic acid groups (broad SMARTS) is 1. The average molecular weight is 296 g/mol. The van der Waals surface area contributed by atoms with Gasteiger partial charge >= 0.3 is 18.2 Å². The number of aliphatic carboxylic acids is 1. The van der Waals surface area contributed by atoms with Crippen LogP contribution < -0.4 is 5.32 Å². The van der Waals surface area contributed by atoms with Gasteiger partial charge < -0.3 is 15.3 Å². The molecule has 1 rings (SSSR count). The second-order valence-electron chi connectivity index (χ2n) is 5.19. The summed E-state index contributed by atoms with van der Waals surface area (Å²) in [6.45, 7) is 2.03. The minimum atomic E-state index is -4.20. The third-order valence-electron chi connectivity index (χ3n) is 3.37. The van der Waals surface area contributed by atoms with Gasteiger partial charge in [0.15, 0.2) is 0 Å². The summed E-state index contributed by atoms with van der Waals surface area (Å²) < 4.78 is 37.4. The van der Waals surface area contributed by atoms with Crippen molar-refractivity contribution in [3.63, 3.8) is 0 Å². The summed E-state index contributed by atoms with van der Waals surface area (Å²) in [5.41, 5.74) is 0. The molecule has 1 saturated heterocycles. The molecule has 0 aromatic rings. The highest BCUT2D eigenvalue weighted by atomic mass is 19.4. The van der Waals surface area contributed by atoms with Gasteiger partial charge in [-0.2, -0.15) is 13.2 Å². The number of carbonyl (C=O) groups excluding carboxylic acids is 1. The van der Waals surface area contributed by atoms with Crippen LogP contribution in [-0.2, 0) is 4.79 Å². The Morgan fingerprint density at radius 2 is 1.90 bits per heavy atom. The summed E-state index contributed by atoms with van der Waals surface area (Å²) in [7, 11) is 0. The number of likely N-dealkylation sites (tertiary alicyclic amines) is 1. The molecule has 5 nitrogen and oxygen atoms in total. The van der Waals surface area contributed by atoms with Crippen molar-refractivity contribution < 1.29 is 27.9 Å². The smallest absolute Gasteiger partial charge is 0.391 e. The van der Waals surface area contributed by atoms with Crippen molar-refractivity contribution in [1.29, 1.82) is 0 Å². The lowest BCUT2D eigenvalue weighted by Crippen LogP contribution is -2.47. The van der Waals surface area contributed by atoms with Crippen LogP contribution in [0.1, 0.15) is 26.2 Å². The molecule has 1 unspecified atom stereocenters. The molecule has 20 heavy (non-hydrogen) atoms. The van der Waals surface area contributed by atoms with E-state index in [9.17, 15) is 22.8 Å². The Balaban J connectivity index is 2.31. The van der Waals surface area contributed by atoms with E-state index in [-0.39, 0.29) is 44.8 Å². The van der Waals surface area contributed by atoms with Crippen LogP contribution in [0.2, 0.25) is 0 Å². The molecule has 2 N–H and O–H groups in total. The Morgan fingerprint density at radius 3 is 2.35 bits per heavy atom. The summed E-state index contributed by atoms with van der Waals surface area (Å²) in [5.74, 6) is -2.50. The summed E-state index contributed by atoms with van der Waals surface area (Å²) in [5, 5.41) is 11.1. The summed E-state index contributed by atoms with van der Waals surface area (Å²) in [6, 6.07) is -0.428. The Bertz CT molecular complexity index is 352. The van der Waals surface area contributed by atoms with E-state index >= 15 is 0 Å². The van der Waals surface area contributed by atoms with Crippen LogP contribution >= 0.6 is 0 Å². The number of nitrogens with zero attached hydrogens (tertiary/aromatic N) is 1. The molecule has 8 heteroatoms. The molecule has 1 atom stereocenters. The van der Waals surface area contributed by atoms with Crippen LogP contribution in [0.25, 0.3) is 0 Å². The SMILES string of the molecule is CC(CNC(=O)N1CCC(C(F)(F)F)CC1)CC(=O)O. The van der Waals surface area contributed by atoms with E-state index in [1.807, 2.05) is 0 Å². The van der Waals surface area contributed by atoms with Crippen molar-refractivity contribution in [2.24, 2.45) is 11.8 Å². The molecule has 1 fully saturated rings. The first-order valence-corrected chi connectivity index (χ1v) is 6.51. The maximum absolute atomic E-state index is 12.5. The summed E-state index contributed by atoms with van der Waals surface area (Å²) in [6.07, 6.45) is -4.42. The van der Waals surface area contributed by atoms with E-state index in [0.29, 0.717) is 0 Å². The van der Waals surface area contributed by atoms with Crippen molar-refractivity contribution in [2.45, 2.75) is 32.4 Å². The number of alkyl halides is 3. The zero-order valence-corrected chi connectivity index (χ0v) is 11.2. The zero-order chi connectivity index (χ0) is 15.3. The first-order chi connectivity index (χ1) is 9.20. The number of carboxylic acids is 1. The van der Waals surface area contributed by atoms with Crippen LogP contribution in [-0.4, -0.2) is 47.8 Å². The molecule has 0 spiro atoms. The van der Waals surface area contributed by atoms with Gasteiger partial charge in [0.25, 0.3) is 0 Å². The van der Waals surface area contributed by atoms with Gasteiger partial charge in [-0.25, -0.2) is 4.79 Å². The topological polar surface area (TPSA) is 69.6 Å². The normalized spacial score (nSPS) is 18.7. The van der Waals surface area contributed by atoms with Crippen molar-refractivity contribution in [3.8, 4) is 0 Å². The van der Waals surface area contributed by atoms with Crippen molar-refractivity contribution in [1.82, 2.24) is 10.2 Å². The molecule has 0 radical (unpaired) electrons. The average Bonchev–Trinajstić information content (AvgIpc) is 2.34. The largest absolute Gasteiger partial charge is 0.481 e. The number of urea groups is 1. The maximum Gasteiger partial charge on any atom is 0.391 e. The number of halogens is 3. The fourth-order valence-corrected chi connectivity index (χ4v) is 2.15. The monoisotopic (exact) mass is 296 g/mol. The van der Waals surface area contributed by atoms with Crippen LogP contribution in [0.5, 0.6) is 0 Å². The van der Waals surface area contributed by atoms with Gasteiger partial charge in [0.2, 0.25) is 0 Å². The second-order valence-corrected chi connectivity index (χ2v) is 5.19. The van der Waals surface area contributed by atoms with Crippen molar-refractivity contribution in [3.05, 3.63) is 0 Å². The lowest BCUT2D eigenvalue weighted by atomic mass is 9.96. The molecule has 0 aliphatic carbocycles. The van der Waals surface area contributed by atoms with E-state index in [0.717, 1.165) is 0 Å². The number of carbonyl (C=O) groups is 2. The Labute approximate surface area is 115 Å². The van der Waals surface area contributed by atoms with E-state index in [4.69, 9.17) is 5.11 Å². The van der Waals surface area contributed by atoms with E-state index in [1.165, 1.54) is 4.90 Å². The van der Waals surface area contributed by atoms with E-state index < -0.39 is 24.1 Å². The fraction of sp³-hybridized carbons (Fsp3) is 0.833. The standard InChI is InChI=1S/C12H19F3N2O3/c1-8(6-10(18)19)7-16-11(20)17-4-2-9(3-5-17)12(13,14)15/h8-9H,2-7H2,1H3,(H,16,20)(H,18,19). The number of hydrogen-bond acceptors (Lipinski definition) is 2. The third kappa shape index (κ3) is 5.26. The molecule has 0 aromatic carbocycles. The van der Waals surface area contributed by atoms with Gasteiger partial charge in [0.05, 0.1) is 5.92 Å². The van der Waals surface area contributed by atoms with Crippen LogP contribution in [0.3, 0.4) is 0 Å². The van der Waals surface area contributed by atoms with Gasteiger partial charge in [-0.05, 0) is 18.8 Å². The maximum atomic E-state index is 12.5. The molecule has 2 amide bonds. The minimum absolute atomic E-state index is 0.0591. The van der Waals surface area contributed by atoms with Gasteiger partial charge in [0.1, 0.15) is 0 Å². The molecule has 0 saturated carbocycles. The van der Waals surface area contributed by atoms with Crippen LogP contribution in [0.4, 0.5) is 18.0 Å². The Kier molecular flexibility index (Phi) is 5.64. The molecule has 0 aromatic heterocycles. The van der Waals surface area contributed by atoms with Gasteiger partial charge in [0, 0.05) is 26.1 Å². The molecule has 1 heterocycles. The lowest BCUT2D eigenvalue weighted by Gasteiger charge is -2.33. The Hall–Kier alpha value is -1.47. The van der Waals surface area contributed by atoms with Gasteiger partial charge in [-0.15, -0.1) is 0 Å². The number of rotatable bonds is 4. The van der Waals surface area contributed by atoms with Crippen LogP contribution in [0, 0.1) is 11.8 Å². The number of piperidine rings is 1. The highest BCUT2D eigenvalue weighted by Crippen LogP contribution is 2.33. The molecule has 1 aliphatic heterocycles. The molecule has 116 valence electrons. The summed E-state index contributed by atoms with van der Waals surface area (Å²) >= 11 is 0. The van der Waals surface area contributed by atoms with Crippen LogP contribution in [0.15, 0.2) is 0 Å². The number of hydrogen-bond donors (Lipinski definition) is 2. The van der Waals surface area contributed by atoms with Crippen molar-refractivity contribution >= 4 is 12.0 Å². The minimum Gasteiger partial charge on any atom is -0.481 e. The van der Waals surface area contributed by atoms with Gasteiger partial charge in [-0.3, -0.25) is 4.79 Å². The third-order valence-corrected chi connectivity index (χ3v) is 3.37. The first-order valence-electron chi connectivity index (χ1n) is 6.51. The Morgan fingerprint density at radius 1 is 1.35 bits per heavy atom. The van der Waals surface area contributed by atoms with E-state index in [1.54, 1.807) is 6.92 Å².